The molecule has 1 aliphatic heterocycles. The Bertz CT molecular complexity index is 2020. The van der Waals surface area contributed by atoms with Crippen LogP contribution in [-0.4, -0.2) is 46.8 Å². The number of anilines is 1. The number of aromatic nitrogens is 2. The molecule has 1 N–H and O–H groups in total. The summed E-state index contributed by atoms with van der Waals surface area (Å²) in [6.45, 7) is 0.321. The van der Waals surface area contributed by atoms with E-state index in [1.807, 2.05) is 30.3 Å². The number of ether oxygens (including phenoxy) is 2. The summed E-state index contributed by atoms with van der Waals surface area (Å²) in [6.07, 6.45) is -0.666. The highest BCUT2D eigenvalue weighted by Gasteiger charge is 2.41. The van der Waals surface area contributed by atoms with Crippen LogP contribution in [0.2, 0.25) is 0 Å². The van der Waals surface area contributed by atoms with Crippen molar-refractivity contribution in [2.24, 2.45) is 0 Å². The van der Waals surface area contributed by atoms with Crippen molar-refractivity contribution in [1.29, 1.82) is 0 Å². The molecule has 5 aromatic rings. The molecule has 1 fully saturated rings. The van der Waals surface area contributed by atoms with Gasteiger partial charge in [-0.05, 0) is 52.6 Å². The van der Waals surface area contributed by atoms with Gasteiger partial charge >= 0.3 is 18.8 Å². The summed E-state index contributed by atoms with van der Waals surface area (Å²) in [5, 5.41) is 2.64. The van der Waals surface area contributed by atoms with E-state index >= 15 is 0 Å². The number of hydrogen-bond donors (Lipinski definition) is 1. The third kappa shape index (κ3) is 7.27. The second-order valence-electron chi connectivity index (χ2n) is 11.5. The van der Waals surface area contributed by atoms with Gasteiger partial charge in [-0.15, -0.1) is 9.05 Å². The zero-order valence-corrected chi connectivity index (χ0v) is 27.8. The summed E-state index contributed by atoms with van der Waals surface area (Å²) in [4.78, 5) is 42.7. The van der Waals surface area contributed by atoms with Crippen LogP contribution in [0.1, 0.15) is 50.4 Å². The van der Waals surface area contributed by atoms with Gasteiger partial charge in [0.2, 0.25) is 11.8 Å². The summed E-state index contributed by atoms with van der Waals surface area (Å²) in [5.41, 5.74) is 4.91. The molecule has 2 aliphatic rings. The standard InChI is InChI=1S/C37H30N3O7PS/c41-35(24-11-3-1-4-12-24)38-33-19-20-40(37(43)39-33)34-21-31(47-36(42)25-13-5-2-6-14-25)32(46-34)23-45-48(49)44-22-30-28-17-9-7-15-26(28)27-16-8-10-18-29(27)30/h1-20,30-32,34H,21-23H2/p+1/t31-,32+,34+/m0/s1. The second kappa shape index (κ2) is 14.7. The highest BCUT2D eigenvalue weighted by atomic mass is 32.4. The Balaban J connectivity index is 1.02. The van der Waals surface area contributed by atoms with E-state index in [1.54, 1.807) is 54.6 Å². The molecule has 0 saturated carbocycles. The third-order valence-corrected chi connectivity index (χ3v) is 9.87. The van der Waals surface area contributed by atoms with Crippen molar-refractivity contribution in [2.75, 3.05) is 18.5 Å². The first-order chi connectivity index (χ1) is 23.9. The molecule has 12 heteroatoms. The van der Waals surface area contributed by atoms with Crippen LogP contribution in [0.4, 0.5) is 5.82 Å². The SMILES string of the molecule is O=C(Nc1ccn([C@H]2C[C@H](OC(=O)c3ccccc3)[C@@H](CO[P+](=S)OCC3c4ccccc4-c4ccccc43)O2)c(=O)n1)c1ccccc1. The average molecular weight is 693 g/mol. The van der Waals surface area contributed by atoms with Gasteiger partial charge in [0.1, 0.15) is 37.5 Å². The van der Waals surface area contributed by atoms with E-state index in [0.717, 1.165) is 0 Å². The highest BCUT2D eigenvalue weighted by molar-refractivity contribution is 8.00. The molecule has 0 bridgehead atoms. The summed E-state index contributed by atoms with van der Waals surface area (Å²) >= 11 is 5.59. The van der Waals surface area contributed by atoms with Gasteiger partial charge < -0.3 is 14.8 Å². The Labute approximate surface area is 288 Å². The topological polar surface area (TPSA) is 118 Å². The molecule has 4 aromatic carbocycles. The minimum Gasteiger partial charge on any atom is -0.456 e. The number of nitrogens with zero attached hydrogens (tertiary/aromatic N) is 2. The molecule has 2 heterocycles. The van der Waals surface area contributed by atoms with Gasteiger partial charge in [-0.1, -0.05) is 84.9 Å². The number of amides is 1. The summed E-state index contributed by atoms with van der Waals surface area (Å²) in [6, 6.07) is 35.3. The summed E-state index contributed by atoms with van der Waals surface area (Å²) in [5.74, 6) is -0.798. The van der Waals surface area contributed by atoms with E-state index in [9.17, 15) is 14.4 Å². The number of nitrogens with one attached hydrogen (secondary N) is 1. The number of esters is 1. The van der Waals surface area contributed by atoms with Crippen molar-refractivity contribution in [3.63, 3.8) is 0 Å². The van der Waals surface area contributed by atoms with Crippen LogP contribution in [0, 0.1) is 0 Å². The van der Waals surface area contributed by atoms with Crippen molar-refractivity contribution >= 4 is 36.7 Å². The largest absolute Gasteiger partial charge is 0.521 e. The van der Waals surface area contributed by atoms with Gasteiger partial charge in [-0.3, -0.25) is 9.36 Å². The minimum atomic E-state index is -1.74. The zero-order valence-electron chi connectivity index (χ0n) is 26.1. The van der Waals surface area contributed by atoms with Crippen molar-refractivity contribution < 1.29 is 28.1 Å². The fourth-order valence-corrected chi connectivity index (χ4v) is 7.13. The number of carbonyl (C=O) groups is 2. The van der Waals surface area contributed by atoms with Gasteiger partial charge in [0.25, 0.3) is 5.91 Å². The van der Waals surface area contributed by atoms with Gasteiger partial charge in [-0.2, -0.15) is 4.98 Å². The first-order valence-corrected chi connectivity index (χ1v) is 17.9. The van der Waals surface area contributed by atoms with Crippen LogP contribution >= 0.6 is 7.15 Å². The smallest absolute Gasteiger partial charge is 0.456 e. The maximum absolute atomic E-state index is 13.1. The molecular weight excluding hydrogens is 661 g/mol. The zero-order chi connectivity index (χ0) is 33.7. The molecule has 1 amide bonds. The maximum Gasteiger partial charge on any atom is 0.521 e. The van der Waals surface area contributed by atoms with E-state index in [0.29, 0.717) is 17.7 Å². The van der Waals surface area contributed by atoms with Crippen LogP contribution in [0.5, 0.6) is 0 Å². The first kappa shape index (κ1) is 32.6. The van der Waals surface area contributed by atoms with Crippen molar-refractivity contribution in [3.05, 3.63) is 154 Å². The number of carbonyl (C=O) groups excluding carboxylic acids is 2. The van der Waals surface area contributed by atoms with E-state index in [4.69, 9.17) is 30.3 Å². The van der Waals surface area contributed by atoms with E-state index in [1.165, 1.54) is 39.1 Å². The molecule has 49 heavy (non-hydrogen) atoms. The molecule has 1 saturated heterocycles. The van der Waals surface area contributed by atoms with Crippen LogP contribution < -0.4 is 11.0 Å². The highest BCUT2D eigenvalue weighted by Crippen LogP contribution is 2.46. The van der Waals surface area contributed by atoms with Gasteiger partial charge in [0, 0.05) is 24.1 Å². The summed E-state index contributed by atoms with van der Waals surface area (Å²) in [7, 11) is -1.74. The number of rotatable bonds is 11. The third-order valence-electron chi connectivity index (χ3n) is 8.52. The van der Waals surface area contributed by atoms with Gasteiger partial charge in [0.05, 0.1) is 5.56 Å². The fraction of sp³-hybridized carbons (Fsp3) is 0.189. The molecule has 1 aromatic heterocycles. The average Bonchev–Trinajstić information content (AvgIpc) is 3.68. The molecule has 0 spiro atoms. The molecular formula is C37H31N3O7PS+. The number of benzene rings is 4. The molecule has 0 radical (unpaired) electrons. The maximum atomic E-state index is 13.1. The van der Waals surface area contributed by atoms with Crippen molar-refractivity contribution in [3.8, 4) is 11.1 Å². The number of fused-ring (bicyclic) bond motifs is 3. The van der Waals surface area contributed by atoms with Crippen LogP contribution in [0.3, 0.4) is 0 Å². The molecule has 7 rings (SSSR count). The molecule has 1 aliphatic carbocycles. The predicted molar refractivity (Wildman–Crippen MR) is 187 cm³/mol. The van der Waals surface area contributed by atoms with Crippen molar-refractivity contribution in [2.45, 2.75) is 30.8 Å². The van der Waals surface area contributed by atoms with Gasteiger partial charge in [0.15, 0.2) is 0 Å². The van der Waals surface area contributed by atoms with Crippen LogP contribution in [0.25, 0.3) is 11.1 Å². The Morgan fingerprint density at radius 2 is 1.41 bits per heavy atom. The minimum absolute atomic E-state index is 0.0236. The normalized spacial score (nSPS) is 18.4. The molecule has 10 nitrogen and oxygen atoms in total. The lowest BCUT2D eigenvalue weighted by Crippen LogP contribution is -2.30. The Kier molecular flexibility index (Phi) is 9.79. The Morgan fingerprint density at radius 3 is 2.06 bits per heavy atom. The van der Waals surface area contributed by atoms with Crippen LogP contribution in [0.15, 0.2) is 126 Å². The number of hydrogen-bond acceptors (Lipinski definition) is 9. The quantitative estimate of drug-likeness (QED) is 0.120. The lowest BCUT2D eigenvalue weighted by Gasteiger charge is -2.17. The lowest BCUT2D eigenvalue weighted by molar-refractivity contribution is -0.0472. The molecule has 246 valence electrons. The Hall–Kier alpha value is -4.90. The Morgan fingerprint density at radius 1 is 0.816 bits per heavy atom. The monoisotopic (exact) mass is 692 g/mol. The van der Waals surface area contributed by atoms with E-state index in [-0.39, 0.29) is 24.8 Å². The van der Waals surface area contributed by atoms with E-state index in [2.05, 4.69) is 34.6 Å². The molecule has 4 atom stereocenters. The van der Waals surface area contributed by atoms with Crippen LogP contribution in [-0.2, 0) is 30.3 Å². The molecule has 1 unspecified atom stereocenters. The summed E-state index contributed by atoms with van der Waals surface area (Å²) < 4.78 is 25.5. The first-order valence-electron chi connectivity index (χ1n) is 15.7. The van der Waals surface area contributed by atoms with Gasteiger partial charge in [-0.25, -0.2) is 9.59 Å². The van der Waals surface area contributed by atoms with E-state index < -0.39 is 43.2 Å². The fourth-order valence-electron chi connectivity index (χ4n) is 6.15. The van der Waals surface area contributed by atoms with Crippen molar-refractivity contribution in [1.82, 2.24) is 9.55 Å². The lowest BCUT2D eigenvalue weighted by atomic mass is 9.98. The second-order valence-corrected chi connectivity index (χ2v) is 13.4. The predicted octanol–water partition coefficient (Wildman–Crippen LogP) is 6.63.